The van der Waals surface area contributed by atoms with Crippen molar-refractivity contribution in [1.29, 1.82) is 0 Å². The molecule has 1 aromatic carbocycles. The Morgan fingerprint density at radius 1 is 1.41 bits per heavy atom. The summed E-state index contributed by atoms with van der Waals surface area (Å²) in [6.07, 6.45) is 0.994. The van der Waals surface area contributed by atoms with Crippen LogP contribution in [0.5, 0.6) is 0 Å². The van der Waals surface area contributed by atoms with E-state index in [0.29, 0.717) is 25.9 Å². The van der Waals surface area contributed by atoms with Crippen LogP contribution >= 0.6 is 0 Å². The van der Waals surface area contributed by atoms with Gasteiger partial charge in [0, 0.05) is 13.1 Å². The lowest BCUT2D eigenvalue weighted by molar-refractivity contribution is -0.143. The third-order valence-electron chi connectivity index (χ3n) is 4.11. The van der Waals surface area contributed by atoms with E-state index in [2.05, 4.69) is 5.32 Å². The van der Waals surface area contributed by atoms with Crippen LogP contribution in [0.2, 0.25) is 0 Å². The SMILES string of the molecule is Cc1ccccc1CNC(=O)CN1CCC[C@](O)(C(N)=O)C1. The normalized spacial score (nSPS) is 22.3. The number of piperidine rings is 1. The van der Waals surface area contributed by atoms with Crippen LogP contribution in [0, 0.1) is 6.92 Å². The summed E-state index contributed by atoms with van der Waals surface area (Å²) in [5.74, 6) is -0.852. The fraction of sp³-hybridized carbons (Fsp3) is 0.500. The highest BCUT2D eigenvalue weighted by Crippen LogP contribution is 2.20. The van der Waals surface area contributed by atoms with Gasteiger partial charge in [0.1, 0.15) is 0 Å². The topological polar surface area (TPSA) is 95.7 Å². The molecular formula is C16H23N3O3. The first-order valence-electron chi connectivity index (χ1n) is 7.46. The summed E-state index contributed by atoms with van der Waals surface area (Å²) < 4.78 is 0. The fourth-order valence-electron chi connectivity index (χ4n) is 2.72. The number of primary amides is 1. The predicted octanol–water partition coefficient (Wildman–Crippen LogP) is -0.0766. The van der Waals surface area contributed by atoms with Crippen molar-refractivity contribution < 1.29 is 14.7 Å². The van der Waals surface area contributed by atoms with E-state index in [4.69, 9.17) is 5.73 Å². The number of β-amino-alcohol motifs (C(OH)–C–C–N with tert-alkyl or cyclic N) is 1. The van der Waals surface area contributed by atoms with E-state index in [9.17, 15) is 14.7 Å². The molecule has 1 fully saturated rings. The number of rotatable bonds is 5. The van der Waals surface area contributed by atoms with E-state index < -0.39 is 11.5 Å². The minimum atomic E-state index is -1.52. The molecule has 1 aromatic rings. The number of carbonyl (C=O) groups excluding carboxylic acids is 2. The molecule has 0 unspecified atom stereocenters. The molecule has 22 heavy (non-hydrogen) atoms. The van der Waals surface area contributed by atoms with Crippen molar-refractivity contribution in [1.82, 2.24) is 10.2 Å². The van der Waals surface area contributed by atoms with Crippen molar-refractivity contribution in [3.63, 3.8) is 0 Å². The van der Waals surface area contributed by atoms with E-state index in [1.807, 2.05) is 31.2 Å². The molecule has 0 spiro atoms. The van der Waals surface area contributed by atoms with Gasteiger partial charge in [-0.2, -0.15) is 0 Å². The highest BCUT2D eigenvalue weighted by Gasteiger charge is 2.38. The molecule has 1 atom stereocenters. The summed E-state index contributed by atoms with van der Waals surface area (Å²) in [4.78, 5) is 25.1. The first-order valence-corrected chi connectivity index (χ1v) is 7.46. The largest absolute Gasteiger partial charge is 0.379 e. The standard InChI is InChI=1S/C16H23N3O3/c1-12-5-2-3-6-13(12)9-18-14(20)10-19-8-4-7-16(22,11-19)15(17)21/h2-3,5-6,22H,4,7-11H2,1H3,(H2,17,21)(H,18,20)/t16-/m1/s1. The van der Waals surface area contributed by atoms with Gasteiger partial charge in [0.25, 0.3) is 5.91 Å². The molecule has 1 heterocycles. The highest BCUT2D eigenvalue weighted by atomic mass is 16.3. The maximum absolute atomic E-state index is 12.0. The molecule has 0 radical (unpaired) electrons. The minimum Gasteiger partial charge on any atom is -0.379 e. The van der Waals surface area contributed by atoms with Crippen LogP contribution in [-0.4, -0.2) is 47.1 Å². The lowest BCUT2D eigenvalue weighted by Crippen LogP contribution is -2.57. The van der Waals surface area contributed by atoms with Crippen LogP contribution in [0.4, 0.5) is 0 Å². The molecule has 1 aliphatic heterocycles. The maximum atomic E-state index is 12.0. The molecule has 1 saturated heterocycles. The van der Waals surface area contributed by atoms with Gasteiger partial charge in [-0.05, 0) is 37.4 Å². The molecule has 0 saturated carbocycles. The molecule has 0 aromatic heterocycles. The zero-order chi connectivity index (χ0) is 16.2. The number of likely N-dealkylation sites (tertiary alicyclic amines) is 1. The number of nitrogens with zero attached hydrogens (tertiary/aromatic N) is 1. The van der Waals surface area contributed by atoms with Crippen molar-refractivity contribution >= 4 is 11.8 Å². The second-order valence-corrected chi connectivity index (χ2v) is 5.91. The second kappa shape index (κ2) is 6.89. The van der Waals surface area contributed by atoms with Gasteiger partial charge in [-0.3, -0.25) is 14.5 Å². The average Bonchev–Trinajstić information content (AvgIpc) is 2.46. The van der Waals surface area contributed by atoms with E-state index in [0.717, 1.165) is 11.1 Å². The van der Waals surface area contributed by atoms with Gasteiger partial charge in [-0.15, -0.1) is 0 Å². The number of amides is 2. The summed E-state index contributed by atoms with van der Waals surface area (Å²) in [7, 11) is 0. The number of benzene rings is 1. The van der Waals surface area contributed by atoms with Gasteiger partial charge in [0.2, 0.25) is 5.91 Å². The summed E-state index contributed by atoms with van der Waals surface area (Å²) in [5.41, 5.74) is 5.91. The Bertz CT molecular complexity index is 561. The van der Waals surface area contributed by atoms with Crippen molar-refractivity contribution in [3.05, 3.63) is 35.4 Å². The lowest BCUT2D eigenvalue weighted by Gasteiger charge is -2.36. The molecule has 0 aliphatic carbocycles. The Hall–Kier alpha value is -1.92. The van der Waals surface area contributed by atoms with Crippen molar-refractivity contribution in [2.45, 2.75) is 31.9 Å². The fourth-order valence-corrected chi connectivity index (χ4v) is 2.72. The molecule has 4 N–H and O–H groups in total. The Labute approximate surface area is 130 Å². The van der Waals surface area contributed by atoms with Crippen LogP contribution < -0.4 is 11.1 Å². The van der Waals surface area contributed by atoms with Crippen LogP contribution in [0.1, 0.15) is 24.0 Å². The van der Waals surface area contributed by atoms with E-state index in [-0.39, 0.29) is 19.0 Å². The van der Waals surface area contributed by atoms with Crippen molar-refractivity contribution in [2.24, 2.45) is 5.73 Å². The van der Waals surface area contributed by atoms with Gasteiger partial charge in [-0.1, -0.05) is 24.3 Å². The van der Waals surface area contributed by atoms with Crippen molar-refractivity contribution in [3.8, 4) is 0 Å². The van der Waals surface area contributed by atoms with Gasteiger partial charge in [0.05, 0.1) is 6.54 Å². The van der Waals surface area contributed by atoms with E-state index in [1.54, 1.807) is 4.90 Å². The Balaban J connectivity index is 1.84. The van der Waals surface area contributed by atoms with Gasteiger partial charge in [0.15, 0.2) is 5.60 Å². The third-order valence-corrected chi connectivity index (χ3v) is 4.11. The summed E-state index contributed by atoms with van der Waals surface area (Å²) in [6.45, 7) is 3.41. The molecule has 120 valence electrons. The summed E-state index contributed by atoms with van der Waals surface area (Å²) >= 11 is 0. The maximum Gasteiger partial charge on any atom is 0.250 e. The Kier molecular flexibility index (Phi) is 5.15. The molecule has 0 bridgehead atoms. The van der Waals surface area contributed by atoms with Gasteiger partial charge in [-0.25, -0.2) is 0 Å². The number of hydrogen-bond acceptors (Lipinski definition) is 4. The van der Waals surface area contributed by atoms with Gasteiger partial charge < -0.3 is 16.2 Å². The predicted molar refractivity (Wildman–Crippen MR) is 82.8 cm³/mol. The van der Waals surface area contributed by atoms with Crippen LogP contribution in [0.15, 0.2) is 24.3 Å². The van der Waals surface area contributed by atoms with E-state index in [1.165, 1.54) is 0 Å². The number of aryl methyl sites for hydroxylation is 1. The monoisotopic (exact) mass is 305 g/mol. The average molecular weight is 305 g/mol. The minimum absolute atomic E-state index is 0.111. The molecule has 6 nitrogen and oxygen atoms in total. The van der Waals surface area contributed by atoms with Gasteiger partial charge >= 0.3 is 0 Å². The number of carbonyl (C=O) groups is 2. The molecule has 2 rings (SSSR count). The first-order chi connectivity index (χ1) is 10.4. The smallest absolute Gasteiger partial charge is 0.250 e. The number of aliphatic hydroxyl groups is 1. The number of hydrogen-bond donors (Lipinski definition) is 3. The zero-order valence-electron chi connectivity index (χ0n) is 12.8. The molecular weight excluding hydrogens is 282 g/mol. The lowest BCUT2D eigenvalue weighted by atomic mass is 9.92. The molecule has 2 amide bonds. The van der Waals surface area contributed by atoms with Crippen LogP contribution in [-0.2, 0) is 16.1 Å². The quantitative estimate of drug-likeness (QED) is 0.709. The third kappa shape index (κ3) is 4.05. The number of nitrogens with one attached hydrogen (secondary N) is 1. The summed E-state index contributed by atoms with van der Waals surface area (Å²) in [5, 5.41) is 13.0. The number of nitrogens with two attached hydrogens (primary N) is 1. The van der Waals surface area contributed by atoms with Crippen LogP contribution in [0.25, 0.3) is 0 Å². The highest BCUT2D eigenvalue weighted by molar-refractivity contribution is 5.84. The summed E-state index contributed by atoms with van der Waals surface area (Å²) in [6, 6.07) is 7.87. The Morgan fingerprint density at radius 2 is 2.14 bits per heavy atom. The first kappa shape index (κ1) is 16.5. The van der Waals surface area contributed by atoms with E-state index >= 15 is 0 Å². The molecule has 6 heteroatoms. The van der Waals surface area contributed by atoms with Crippen LogP contribution in [0.3, 0.4) is 0 Å². The Morgan fingerprint density at radius 3 is 2.82 bits per heavy atom. The second-order valence-electron chi connectivity index (χ2n) is 5.91. The zero-order valence-corrected chi connectivity index (χ0v) is 12.8. The molecule has 1 aliphatic rings. The van der Waals surface area contributed by atoms with Crippen molar-refractivity contribution in [2.75, 3.05) is 19.6 Å².